The van der Waals surface area contributed by atoms with Crippen molar-refractivity contribution in [1.29, 1.82) is 0 Å². The molecular weight excluding hydrogens is 252 g/mol. The van der Waals surface area contributed by atoms with Gasteiger partial charge in [-0.1, -0.05) is 6.92 Å². The summed E-state index contributed by atoms with van der Waals surface area (Å²) >= 11 is 0. The van der Waals surface area contributed by atoms with Crippen molar-refractivity contribution in [2.24, 2.45) is 0 Å². The second kappa shape index (κ2) is 6.31. The maximum Gasteiger partial charge on any atom is 0.239 e. The molecule has 2 heterocycles. The lowest BCUT2D eigenvalue weighted by atomic mass is 10.1. The Morgan fingerprint density at radius 3 is 2.80 bits per heavy atom. The molecule has 0 bridgehead atoms. The van der Waals surface area contributed by atoms with Crippen LogP contribution in [-0.2, 0) is 0 Å². The zero-order valence-electron chi connectivity index (χ0n) is 13.0. The minimum atomic E-state index is 0.0796. The Balaban J connectivity index is 2.16. The molecule has 112 valence electrons. The van der Waals surface area contributed by atoms with E-state index in [0.717, 1.165) is 31.9 Å². The lowest BCUT2D eigenvalue weighted by Gasteiger charge is -2.39. The zero-order chi connectivity index (χ0) is 14.7. The van der Waals surface area contributed by atoms with E-state index in [-0.39, 0.29) is 6.10 Å². The predicted octanol–water partition coefficient (Wildman–Crippen LogP) is 1.98. The normalized spacial score (nSPS) is 20.4. The van der Waals surface area contributed by atoms with Crippen molar-refractivity contribution >= 4 is 11.5 Å². The molecule has 0 aliphatic carbocycles. The van der Waals surface area contributed by atoms with Gasteiger partial charge in [-0.3, -0.25) is 4.90 Å². The molecule has 1 unspecified atom stereocenters. The number of pyridine rings is 1. The summed E-state index contributed by atoms with van der Waals surface area (Å²) in [5.74, 6) is 1.51. The van der Waals surface area contributed by atoms with Gasteiger partial charge in [0.2, 0.25) is 5.88 Å². The van der Waals surface area contributed by atoms with Crippen molar-refractivity contribution in [3.05, 3.63) is 12.1 Å². The van der Waals surface area contributed by atoms with Crippen molar-refractivity contribution in [1.82, 2.24) is 9.88 Å². The number of nitrogen functional groups attached to an aromatic ring is 1. The first-order chi connectivity index (χ1) is 9.51. The fourth-order valence-corrected chi connectivity index (χ4v) is 2.53. The molecule has 1 aromatic rings. The lowest BCUT2D eigenvalue weighted by molar-refractivity contribution is 0.211. The summed E-state index contributed by atoms with van der Waals surface area (Å²) < 4.78 is 5.68. The first kappa shape index (κ1) is 14.9. The van der Waals surface area contributed by atoms with Gasteiger partial charge in [0.15, 0.2) is 0 Å². The van der Waals surface area contributed by atoms with Crippen molar-refractivity contribution in [2.75, 3.05) is 37.3 Å². The summed E-state index contributed by atoms with van der Waals surface area (Å²) in [6.07, 6.45) is 1.23. The molecule has 1 saturated heterocycles. The number of piperazine rings is 1. The number of ether oxygens (including phenoxy) is 1. The molecule has 1 aromatic heterocycles. The molecule has 20 heavy (non-hydrogen) atoms. The van der Waals surface area contributed by atoms with Crippen LogP contribution in [0.5, 0.6) is 5.88 Å². The van der Waals surface area contributed by atoms with Gasteiger partial charge in [-0.2, -0.15) is 4.98 Å². The quantitative estimate of drug-likeness (QED) is 0.912. The monoisotopic (exact) mass is 278 g/mol. The molecule has 1 fully saturated rings. The van der Waals surface area contributed by atoms with Gasteiger partial charge in [-0.05, 0) is 39.4 Å². The molecule has 1 aliphatic rings. The molecule has 0 radical (unpaired) electrons. The van der Waals surface area contributed by atoms with E-state index in [9.17, 15) is 0 Å². The fourth-order valence-electron chi connectivity index (χ4n) is 2.53. The Hall–Kier alpha value is -1.49. The minimum Gasteiger partial charge on any atom is -0.473 e. The zero-order valence-corrected chi connectivity index (χ0v) is 13.0. The summed E-state index contributed by atoms with van der Waals surface area (Å²) in [7, 11) is 2.19. The summed E-state index contributed by atoms with van der Waals surface area (Å²) in [5.41, 5.74) is 6.53. The van der Waals surface area contributed by atoms with Gasteiger partial charge in [-0.15, -0.1) is 0 Å². The van der Waals surface area contributed by atoms with Crippen LogP contribution in [0.15, 0.2) is 12.1 Å². The number of nitrogens with two attached hydrogens (primary N) is 1. The van der Waals surface area contributed by atoms with Crippen molar-refractivity contribution < 1.29 is 4.74 Å². The SMILES string of the molecule is CCC1CN(c2ccc(N)c(OC(C)C)n2)CCN1C. The second-order valence-electron chi connectivity index (χ2n) is 5.72. The van der Waals surface area contributed by atoms with Gasteiger partial charge in [0.05, 0.1) is 11.8 Å². The van der Waals surface area contributed by atoms with E-state index in [1.807, 2.05) is 26.0 Å². The molecule has 5 nitrogen and oxygen atoms in total. The van der Waals surface area contributed by atoms with Crippen LogP contribution in [0.4, 0.5) is 11.5 Å². The molecule has 1 atom stereocenters. The standard InChI is InChI=1S/C15H26N4O/c1-5-12-10-19(9-8-18(12)4)14-7-6-13(16)15(17-14)20-11(2)3/h6-7,11-12H,5,8-10,16H2,1-4H3. The van der Waals surface area contributed by atoms with E-state index in [1.54, 1.807) is 0 Å². The molecule has 0 aromatic carbocycles. The lowest BCUT2D eigenvalue weighted by Crippen LogP contribution is -2.51. The van der Waals surface area contributed by atoms with Crippen LogP contribution in [0.2, 0.25) is 0 Å². The van der Waals surface area contributed by atoms with Gasteiger partial charge >= 0.3 is 0 Å². The van der Waals surface area contributed by atoms with Gasteiger partial charge in [0, 0.05) is 25.7 Å². The number of hydrogen-bond acceptors (Lipinski definition) is 5. The third-order valence-corrected chi connectivity index (χ3v) is 3.79. The number of nitrogens with zero attached hydrogens (tertiary/aromatic N) is 3. The second-order valence-corrected chi connectivity index (χ2v) is 5.72. The molecule has 0 spiro atoms. The predicted molar refractivity (Wildman–Crippen MR) is 83.3 cm³/mol. The number of rotatable bonds is 4. The minimum absolute atomic E-state index is 0.0796. The molecule has 1 aliphatic heterocycles. The topological polar surface area (TPSA) is 54.6 Å². The van der Waals surface area contributed by atoms with Gasteiger partial charge in [0.1, 0.15) is 5.82 Å². The molecule has 0 amide bonds. The van der Waals surface area contributed by atoms with Crippen molar-refractivity contribution in [3.63, 3.8) is 0 Å². The van der Waals surface area contributed by atoms with E-state index in [1.165, 1.54) is 0 Å². The highest BCUT2D eigenvalue weighted by molar-refractivity contribution is 5.54. The number of aromatic nitrogens is 1. The van der Waals surface area contributed by atoms with E-state index in [0.29, 0.717) is 17.6 Å². The number of hydrogen-bond donors (Lipinski definition) is 1. The third-order valence-electron chi connectivity index (χ3n) is 3.79. The summed E-state index contributed by atoms with van der Waals surface area (Å²) in [4.78, 5) is 9.33. The van der Waals surface area contributed by atoms with E-state index in [2.05, 4.69) is 28.8 Å². The highest BCUT2D eigenvalue weighted by Crippen LogP contribution is 2.25. The fraction of sp³-hybridized carbons (Fsp3) is 0.667. The molecule has 2 rings (SSSR count). The smallest absolute Gasteiger partial charge is 0.239 e. The number of anilines is 2. The molecule has 0 saturated carbocycles. The Morgan fingerprint density at radius 1 is 1.40 bits per heavy atom. The van der Waals surface area contributed by atoms with E-state index in [4.69, 9.17) is 10.5 Å². The van der Waals surface area contributed by atoms with Crippen LogP contribution >= 0.6 is 0 Å². The van der Waals surface area contributed by atoms with Crippen LogP contribution in [-0.4, -0.2) is 48.7 Å². The Labute approximate surface area is 121 Å². The van der Waals surface area contributed by atoms with Crippen LogP contribution in [0.3, 0.4) is 0 Å². The molecular formula is C15H26N4O. The maximum atomic E-state index is 5.93. The molecule has 2 N–H and O–H groups in total. The first-order valence-electron chi connectivity index (χ1n) is 7.39. The van der Waals surface area contributed by atoms with Gasteiger partial charge in [-0.25, -0.2) is 0 Å². The van der Waals surface area contributed by atoms with Crippen LogP contribution < -0.4 is 15.4 Å². The Bertz CT molecular complexity index is 449. The number of likely N-dealkylation sites (N-methyl/N-ethyl adjacent to an activating group) is 1. The van der Waals surface area contributed by atoms with Gasteiger partial charge in [0.25, 0.3) is 0 Å². The average molecular weight is 278 g/mol. The van der Waals surface area contributed by atoms with Crippen LogP contribution in [0, 0.1) is 0 Å². The van der Waals surface area contributed by atoms with E-state index < -0.39 is 0 Å². The first-order valence-corrected chi connectivity index (χ1v) is 7.39. The molecule has 5 heteroatoms. The Kier molecular flexibility index (Phi) is 4.70. The average Bonchev–Trinajstić information content (AvgIpc) is 2.41. The third kappa shape index (κ3) is 3.33. The van der Waals surface area contributed by atoms with Crippen LogP contribution in [0.25, 0.3) is 0 Å². The van der Waals surface area contributed by atoms with Crippen molar-refractivity contribution in [3.8, 4) is 5.88 Å². The van der Waals surface area contributed by atoms with Crippen molar-refractivity contribution in [2.45, 2.75) is 39.3 Å². The largest absolute Gasteiger partial charge is 0.473 e. The Morgan fingerprint density at radius 2 is 2.15 bits per heavy atom. The summed E-state index contributed by atoms with van der Waals surface area (Å²) in [6.45, 7) is 9.25. The highest BCUT2D eigenvalue weighted by atomic mass is 16.5. The highest BCUT2D eigenvalue weighted by Gasteiger charge is 2.24. The maximum absolute atomic E-state index is 5.93. The van der Waals surface area contributed by atoms with Gasteiger partial charge < -0.3 is 15.4 Å². The van der Waals surface area contributed by atoms with E-state index >= 15 is 0 Å². The van der Waals surface area contributed by atoms with Crippen LogP contribution in [0.1, 0.15) is 27.2 Å². The summed E-state index contributed by atoms with van der Waals surface area (Å²) in [5, 5.41) is 0. The summed E-state index contributed by atoms with van der Waals surface area (Å²) in [6, 6.07) is 4.46.